The smallest absolute Gasteiger partial charge is 0.221 e. The molecule has 0 aliphatic carbocycles. The zero-order chi connectivity index (χ0) is 11.9. The first-order chi connectivity index (χ1) is 8.92. The van der Waals surface area contributed by atoms with Crippen LogP contribution in [0.15, 0.2) is 48.5 Å². The molecule has 0 atom stereocenters. The summed E-state index contributed by atoms with van der Waals surface area (Å²) in [6.07, 6.45) is 4.08. The fourth-order valence-electron chi connectivity index (χ4n) is 2.45. The maximum absolute atomic E-state index is 5.58. The molecule has 1 aliphatic rings. The third-order valence-electron chi connectivity index (χ3n) is 3.32. The van der Waals surface area contributed by atoms with E-state index in [1.807, 2.05) is 18.2 Å². The Kier molecular flexibility index (Phi) is 1.92. The van der Waals surface area contributed by atoms with E-state index < -0.39 is 0 Å². The van der Waals surface area contributed by atoms with Crippen molar-refractivity contribution in [1.82, 2.24) is 4.98 Å². The van der Waals surface area contributed by atoms with Crippen LogP contribution in [0.5, 0.6) is 5.88 Å². The first-order valence-electron chi connectivity index (χ1n) is 6.04. The van der Waals surface area contributed by atoms with Crippen molar-refractivity contribution in [2.75, 3.05) is 6.61 Å². The van der Waals surface area contributed by atoms with Gasteiger partial charge in [-0.1, -0.05) is 42.5 Å². The minimum atomic E-state index is 0.607. The van der Waals surface area contributed by atoms with Gasteiger partial charge in [0.1, 0.15) is 6.61 Å². The lowest BCUT2D eigenvalue weighted by Crippen LogP contribution is -2.02. The molecule has 86 valence electrons. The van der Waals surface area contributed by atoms with Gasteiger partial charge < -0.3 is 4.74 Å². The molecule has 0 spiro atoms. The van der Waals surface area contributed by atoms with Crippen LogP contribution >= 0.6 is 0 Å². The van der Waals surface area contributed by atoms with Crippen LogP contribution in [0.3, 0.4) is 0 Å². The largest absolute Gasteiger partial charge is 0.473 e. The average molecular weight is 233 g/mol. The summed E-state index contributed by atoms with van der Waals surface area (Å²) in [7, 11) is 0. The number of pyridine rings is 1. The summed E-state index contributed by atoms with van der Waals surface area (Å²) in [5.41, 5.74) is 2.08. The van der Waals surface area contributed by atoms with E-state index in [0.29, 0.717) is 6.61 Å². The molecule has 2 nitrogen and oxygen atoms in total. The molecule has 1 aliphatic heterocycles. The van der Waals surface area contributed by atoms with Crippen molar-refractivity contribution >= 4 is 27.8 Å². The zero-order valence-corrected chi connectivity index (χ0v) is 9.76. The molecule has 3 aromatic rings. The average Bonchev–Trinajstić information content (AvgIpc) is 2.45. The summed E-state index contributed by atoms with van der Waals surface area (Å²) >= 11 is 0. The molecule has 0 unspecified atom stereocenters. The van der Waals surface area contributed by atoms with Crippen molar-refractivity contribution in [1.29, 1.82) is 0 Å². The third-order valence-corrected chi connectivity index (χ3v) is 3.32. The first-order valence-corrected chi connectivity index (χ1v) is 6.04. The van der Waals surface area contributed by atoms with Crippen molar-refractivity contribution in [3.8, 4) is 5.88 Å². The molecular formula is C16H11NO. The second kappa shape index (κ2) is 3.57. The Balaban J connectivity index is 2.16. The number of benzene rings is 2. The molecule has 0 N–H and O–H groups in total. The van der Waals surface area contributed by atoms with E-state index in [-0.39, 0.29) is 0 Å². The van der Waals surface area contributed by atoms with Crippen molar-refractivity contribution < 1.29 is 4.74 Å². The number of hydrogen-bond acceptors (Lipinski definition) is 2. The second-order valence-electron chi connectivity index (χ2n) is 4.45. The summed E-state index contributed by atoms with van der Waals surface area (Å²) in [4.78, 5) is 4.67. The summed E-state index contributed by atoms with van der Waals surface area (Å²) in [6, 6.07) is 14.7. The van der Waals surface area contributed by atoms with E-state index in [2.05, 4.69) is 41.4 Å². The highest BCUT2D eigenvalue weighted by molar-refractivity contribution is 6.05. The monoisotopic (exact) mass is 233 g/mol. The molecule has 0 fully saturated rings. The van der Waals surface area contributed by atoms with Crippen LogP contribution in [0.4, 0.5) is 0 Å². The molecular weight excluding hydrogens is 222 g/mol. The van der Waals surface area contributed by atoms with Crippen molar-refractivity contribution in [3.05, 3.63) is 54.1 Å². The lowest BCUT2D eigenvalue weighted by atomic mass is 10.0. The number of ether oxygens (including phenoxy) is 1. The Labute approximate surface area is 105 Å². The van der Waals surface area contributed by atoms with Crippen LogP contribution in [-0.2, 0) is 0 Å². The maximum atomic E-state index is 5.58. The van der Waals surface area contributed by atoms with Crippen LogP contribution in [-0.4, -0.2) is 11.6 Å². The molecule has 2 heterocycles. The van der Waals surface area contributed by atoms with Crippen LogP contribution in [0, 0.1) is 0 Å². The highest BCUT2D eigenvalue weighted by Gasteiger charge is 2.10. The van der Waals surface area contributed by atoms with Gasteiger partial charge in [-0.3, -0.25) is 0 Å². The van der Waals surface area contributed by atoms with Gasteiger partial charge in [-0.15, -0.1) is 0 Å². The van der Waals surface area contributed by atoms with Gasteiger partial charge in [0.05, 0.1) is 5.52 Å². The molecule has 1 aromatic heterocycles. The lowest BCUT2D eigenvalue weighted by molar-refractivity contribution is 0.345. The van der Waals surface area contributed by atoms with Gasteiger partial charge in [0, 0.05) is 16.3 Å². The summed E-state index contributed by atoms with van der Waals surface area (Å²) in [6.45, 7) is 0.607. The molecule has 18 heavy (non-hydrogen) atoms. The first kappa shape index (κ1) is 9.66. The standard InChI is InChI=1S/C16H11NO/c1-2-6-14-11(4-1)7-8-12-10-13-5-3-9-18-16(13)17-15(12)14/h1-8,10H,9H2. The maximum Gasteiger partial charge on any atom is 0.221 e. The zero-order valence-electron chi connectivity index (χ0n) is 9.76. The van der Waals surface area contributed by atoms with Crippen molar-refractivity contribution in [3.63, 3.8) is 0 Å². The number of nitrogens with zero attached hydrogens (tertiary/aromatic N) is 1. The Morgan fingerprint density at radius 3 is 2.89 bits per heavy atom. The molecule has 2 heteroatoms. The molecule has 0 amide bonds. The van der Waals surface area contributed by atoms with E-state index in [4.69, 9.17) is 4.74 Å². The molecule has 4 rings (SSSR count). The topological polar surface area (TPSA) is 22.1 Å². The number of fused-ring (bicyclic) bond motifs is 4. The van der Waals surface area contributed by atoms with Crippen LogP contribution in [0.25, 0.3) is 27.8 Å². The van der Waals surface area contributed by atoms with Gasteiger partial charge in [0.25, 0.3) is 0 Å². The minimum absolute atomic E-state index is 0.607. The summed E-state index contributed by atoms with van der Waals surface area (Å²) in [5.74, 6) is 0.737. The fourth-order valence-corrected chi connectivity index (χ4v) is 2.45. The molecule has 0 bridgehead atoms. The van der Waals surface area contributed by atoms with Gasteiger partial charge in [-0.2, -0.15) is 0 Å². The Morgan fingerprint density at radius 2 is 1.89 bits per heavy atom. The summed E-state index contributed by atoms with van der Waals surface area (Å²) < 4.78 is 5.58. The normalized spacial score (nSPS) is 13.6. The highest BCUT2D eigenvalue weighted by atomic mass is 16.5. The Morgan fingerprint density at radius 1 is 1.00 bits per heavy atom. The Bertz CT molecular complexity index is 790. The van der Waals surface area contributed by atoms with Gasteiger partial charge in [-0.05, 0) is 17.5 Å². The predicted octanol–water partition coefficient (Wildman–Crippen LogP) is 3.79. The van der Waals surface area contributed by atoms with E-state index in [0.717, 1.165) is 22.3 Å². The van der Waals surface area contributed by atoms with Gasteiger partial charge in [0.2, 0.25) is 5.88 Å². The van der Waals surface area contributed by atoms with Crippen molar-refractivity contribution in [2.24, 2.45) is 0 Å². The number of hydrogen-bond donors (Lipinski definition) is 0. The second-order valence-corrected chi connectivity index (χ2v) is 4.45. The number of aromatic nitrogens is 1. The van der Waals surface area contributed by atoms with E-state index >= 15 is 0 Å². The van der Waals surface area contributed by atoms with Gasteiger partial charge in [-0.25, -0.2) is 4.98 Å². The van der Waals surface area contributed by atoms with E-state index in [1.165, 1.54) is 10.8 Å². The Hall–Kier alpha value is -2.35. The SMILES string of the molecule is C1=Cc2cc3ccc4ccccc4c3nc2OC1. The lowest BCUT2D eigenvalue weighted by Gasteiger charge is -2.13. The fraction of sp³-hybridized carbons (Fsp3) is 0.0625. The van der Waals surface area contributed by atoms with Gasteiger partial charge >= 0.3 is 0 Å². The van der Waals surface area contributed by atoms with E-state index in [1.54, 1.807) is 0 Å². The molecule has 0 radical (unpaired) electrons. The van der Waals surface area contributed by atoms with Crippen LogP contribution in [0.2, 0.25) is 0 Å². The van der Waals surface area contributed by atoms with Crippen LogP contribution < -0.4 is 4.74 Å². The molecule has 0 saturated heterocycles. The quantitative estimate of drug-likeness (QED) is 0.551. The molecule has 2 aromatic carbocycles. The third kappa shape index (κ3) is 1.32. The highest BCUT2D eigenvalue weighted by Crippen LogP contribution is 2.30. The predicted molar refractivity (Wildman–Crippen MR) is 73.8 cm³/mol. The summed E-state index contributed by atoms with van der Waals surface area (Å²) in [5, 5.41) is 3.54. The minimum Gasteiger partial charge on any atom is -0.473 e. The number of rotatable bonds is 0. The van der Waals surface area contributed by atoms with Crippen LogP contribution in [0.1, 0.15) is 5.56 Å². The van der Waals surface area contributed by atoms with Crippen molar-refractivity contribution in [2.45, 2.75) is 0 Å². The molecule has 0 saturated carbocycles. The van der Waals surface area contributed by atoms with E-state index in [9.17, 15) is 0 Å². The van der Waals surface area contributed by atoms with Gasteiger partial charge in [0.15, 0.2) is 0 Å².